The third kappa shape index (κ3) is 1.58. The van der Waals surface area contributed by atoms with Crippen LogP contribution in [0.15, 0.2) is 0 Å². The van der Waals surface area contributed by atoms with Crippen molar-refractivity contribution < 1.29 is 0 Å². The average molecular weight is 153 g/mol. The van der Waals surface area contributed by atoms with Gasteiger partial charge in [-0.05, 0) is 58.0 Å². The number of nitrogens with zero attached hydrogens (tertiary/aromatic N) is 1. The topological polar surface area (TPSA) is 3.24 Å². The molecule has 0 N–H and O–H groups in total. The molecule has 0 radical (unpaired) electrons. The average Bonchev–Trinajstić information content (AvgIpc) is 2.77. The Morgan fingerprint density at radius 3 is 2.36 bits per heavy atom. The molecule has 2 atom stereocenters. The zero-order valence-corrected chi connectivity index (χ0v) is 7.71. The second-order valence-electron chi connectivity index (χ2n) is 4.45. The summed E-state index contributed by atoms with van der Waals surface area (Å²) < 4.78 is 0. The third-order valence-electron chi connectivity index (χ3n) is 3.54. The van der Waals surface area contributed by atoms with Crippen LogP contribution in [0.25, 0.3) is 0 Å². The molecule has 0 aromatic rings. The van der Waals surface area contributed by atoms with Crippen LogP contribution in [0.2, 0.25) is 0 Å². The predicted octanol–water partition coefficient (Wildman–Crippen LogP) is 2.13. The predicted molar refractivity (Wildman–Crippen MR) is 47.5 cm³/mol. The first-order valence-corrected chi connectivity index (χ1v) is 4.97. The summed E-state index contributed by atoms with van der Waals surface area (Å²) in [5.74, 6) is 2.22. The molecule has 0 aromatic heterocycles. The highest BCUT2D eigenvalue weighted by Gasteiger charge is 2.34. The van der Waals surface area contributed by atoms with E-state index in [1.165, 1.54) is 32.2 Å². The summed E-state index contributed by atoms with van der Waals surface area (Å²) in [6.07, 6.45) is 5.98. The van der Waals surface area contributed by atoms with Crippen molar-refractivity contribution in [3.05, 3.63) is 0 Å². The molecular weight excluding hydrogens is 134 g/mol. The van der Waals surface area contributed by atoms with E-state index in [2.05, 4.69) is 18.9 Å². The number of piperidine rings is 1. The Balaban J connectivity index is 1.86. The molecule has 1 saturated carbocycles. The first-order valence-electron chi connectivity index (χ1n) is 4.97. The Morgan fingerprint density at radius 1 is 1.09 bits per heavy atom. The highest BCUT2D eigenvalue weighted by Crippen LogP contribution is 2.42. The van der Waals surface area contributed by atoms with Gasteiger partial charge in [0, 0.05) is 6.04 Å². The van der Waals surface area contributed by atoms with E-state index < -0.39 is 0 Å². The molecule has 0 aromatic carbocycles. The van der Waals surface area contributed by atoms with Gasteiger partial charge in [0.25, 0.3) is 0 Å². The lowest BCUT2D eigenvalue weighted by Gasteiger charge is -2.35. The van der Waals surface area contributed by atoms with Gasteiger partial charge in [0.1, 0.15) is 0 Å². The van der Waals surface area contributed by atoms with Gasteiger partial charge in [0.05, 0.1) is 0 Å². The van der Waals surface area contributed by atoms with Crippen molar-refractivity contribution in [3.63, 3.8) is 0 Å². The Bertz CT molecular complexity index is 140. The maximum atomic E-state index is 2.50. The second-order valence-corrected chi connectivity index (χ2v) is 4.45. The normalized spacial score (nSPS) is 40.9. The molecule has 2 fully saturated rings. The molecule has 1 heteroatoms. The van der Waals surface area contributed by atoms with Crippen LogP contribution in [-0.2, 0) is 0 Å². The van der Waals surface area contributed by atoms with E-state index in [0.717, 1.165) is 17.9 Å². The number of hydrogen-bond donors (Lipinski definition) is 0. The highest BCUT2D eigenvalue weighted by molar-refractivity contribution is 4.87. The fraction of sp³-hybridized carbons (Fsp3) is 1.00. The van der Waals surface area contributed by atoms with Crippen molar-refractivity contribution in [3.8, 4) is 0 Å². The summed E-state index contributed by atoms with van der Waals surface area (Å²) in [5, 5.41) is 0. The summed E-state index contributed by atoms with van der Waals surface area (Å²) in [4.78, 5) is 2.50. The van der Waals surface area contributed by atoms with Crippen molar-refractivity contribution in [1.29, 1.82) is 0 Å². The van der Waals surface area contributed by atoms with Crippen LogP contribution >= 0.6 is 0 Å². The SMILES string of the molecule is C[C@@H]1C[C@H](C2CC2)CCN1C. The van der Waals surface area contributed by atoms with Crippen LogP contribution in [0.5, 0.6) is 0 Å². The van der Waals surface area contributed by atoms with E-state index >= 15 is 0 Å². The molecule has 64 valence electrons. The zero-order valence-electron chi connectivity index (χ0n) is 7.71. The van der Waals surface area contributed by atoms with Gasteiger partial charge >= 0.3 is 0 Å². The van der Waals surface area contributed by atoms with E-state index in [4.69, 9.17) is 0 Å². The van der Waals surface area contributed by atoms with Crippen molar-refractivity contribution in [2.75, 3.05) is 13.6 Å². The third-order valence-corrected chi connectivity index (χ3v) is 3.54. The molecule has 11 heavy (non-hydrogen) atoms. The zero-order chi connectivity index (χ0) is 7.84. The minimum absolute atomic E-state index is 0.842. The Labute approximate surface area is 69.8 Å². The molecule has 1 aliphatic heterocycles. The molecule has 0 unspecified atom stereocenters. The highest BCUT2D eigenvalue weighted by atomic mass is 15.1. The molecule has 0 spiro atoms. The minimum atomic E-state index is 0.842. The Kier molecular flexibility index (Phi) is 1.92. The van der Waals surface area contributed by atoms with Gasteiger partial charge in [-0.1, -0.05) is 0 Å². The lowest BCUT2D eigenvalue weighted by atomic mass is 9.88. The fourth-order valence-electron chi connectivity index (χ4n) is 2.32. The lowest BCUT2D eigenvalue weighted by molar-refractivity contribution is 0.143. The van der Waals surface area contributed by atoms with Crippen LogP contribution in [0.4, 0.5) is 0 Å². The van der Waals surface area contributed by atoms with Crippen LogP contribution < -0.4 is 0 Å². The minimum Gasteiger partial charge on any atom is -0.304 e. The lowest BCUT2D eigenvalue weighted by Crippen LogP contribution is -2.38. The van der Waals surface area contributed by atoms with Gasteiger partial charge in [0.2, 0.25) is 0 Å². The molecule has 2 rings (SSSR count). The molecule has 0 bridgehead atoms. The molecule has 0 amide bonds. The van der Waals surface area contributed by atoms with E-state index in [1.807, 2.05) is 0 Å². The number of likely N-dealkylation sites (tertiary alicyclic amines) is 1. The van der Waals surface area contributed by atoms with Gasteiger partial charge in [-0.15, -0.1) is 0 Å². The maximum absolute atomic E-state index is 2.50. The van der Waals surface area contributed by atoms with Gasteiger partial charge in [-0.25, -0.2) is 0 Å². The largest absolute Gasteiger partial charge is 0.304 e. The standard InChI is InChI=1S/C10H19N/c1-8-7-10(9-3-4-9)5-6-11(8)2/h8-10H,3-7H2,1-2H3/t8-,10-/m1/s1. The summed E-state index contributed by atoms with van der Waals surface area (Å²) in [5.41, 5.74) is 0. The monoisotopic (exact) mass is 153 g/mol. The van der Waals surface area contributed by atoms with Crippen molar-refractivity contribution in [2.24, 2.45) is 11.8 Å². The van der Waals surface area contributed by atoms with Crippen LogP contribution in [-0.4, -0.2) is 24.5 Å². The van der Waals surface area contributed by atoms with E-state index in [9.17, 15) is 0 Å². The van der Waals surface area contributed by atoms with Crippen molar-refractivity contribution in [1.82, 2.24) is 4.90 Å². The summed E-state index contributed by atoms with van der Waals surface area (Å²) in [6.45, 7) is 3.71. The summed E-state index contributed by atoms with van der Waals surface area (Å²) in [7, 11) is 2.26. The molecule has 2 aliphatic rings. The van der Waals surface area contributed by atoms with Crippen molar-refractivity contribution in [2.45, 2.75) is 38.6 Å². The summed E-state index contributed by atoms with van der Waals surface area (Å²) >= 11 is 0. The molecule has 1 nitrogen and oxygen atoms in total. The quantitative estimate of drug-likeness (QED) is 0.558. The maximum Gasteiger partial charge on any atom is 0.00666 e. The number of rotatable bonds is 1. The van der Waals surface area contributed by atoms with Gasteiger partial charge in [-0.3, -0.25) is 0 Å². The Hall–Kier alpha value is -0.0400. The molecule has 1 aliphatic carbocycles. The first-order chi connectivity index (χ1) is 5.27. The number of hydrogen-bond acceptors (Lipinski definition) is 1. The Morgan fingerprint density at radius 2 is 1.82 bits per heavy atom. The second kappa shape index (κ2) is 2.78. The van der Waals surface area contributed by atoms with Gasteiger partial charge in [0.15, 0.2) is 0 Å². The van der Waals surface area contributed by atoms with Gasteiger partial charge < -0.3 is 4.90 Å². The molecule has 1 saturated heterocycles. The first kappa shape index (κ1) is 7.60. The van der Waals surface area contributed by atoms with Crippen LogP contribution in [0.1, 0.15) is 32.6 Å². The molecular formula is C10H19N. The van der Waals surface area contributed by atoms with E-state index in [1.54, 1.807) is 0 Å². The van der Waals surface area contributed by atoms with Crippen LogP contribution in [0, 0.1) is 11.8 Å². The molecule has 1 heterocycles. The van der Waals surface area contributed by atoms with Gasteiger partial charge in [-0.2, -0.15) is 0 Å². The van der Waals surface area contributed by atoms with E-state index in [0.29, 0.717) is 0 Å². The van der Waals surface area contributed by atoms with E-state index in [-0.39, 0.29) is 0 Å². The smallest absolute Gasteiger partial charge is 0.00666 e. The van der Waals surface area contributed by atoms with Crippen LogP contribution in [0.3, 0.4) is 0 Å². The van der Waals surface area contributed by atoms with Crippen molar-refractivity contribution >= 4 is 0 Å². The summed E-state index contributed by atoms with van der Waals surface area (Å²) in [6, 6.07) is 0.842. The fourth-order valence-corrected chi connectivity index (χ4v) is 2.32.